The van der Waals surface area contributed by atoms with Crippen molar-refractivity contribution in [3.8, 4) is 0 Å². The lowest BCUT2D eigenvalue weighted by Crippen LogP contribution is -2.12. The Labute approximate surface area is 117 Å². The second kappa shape index (κ2) is 5.62. The van der Waals surface area contributed by atoms with E-state index in [0.717, 1.165) is 18.3 Å². The number of carbonyl (C=O) groups excluding carboxylic acids is 1. The molecule has 1 N–H and O–H groups in total. The molecule has 1 amide bonds. The Morgan fingerprint density at radius 1 is 1.35 bits per heavy atom. The van der Waals surface area contributed by atoms with Gasteiger partial charge in [-0.25, -0.2) is 4.98 Å². The fourth-order valence-corrected chi connectivity index (χ4v) is 1.63. The van der Waals surface area contributed by atoms with Gasteiger partial charge in [-0.2, -0.15) is 4.39 Å². The van der Waals surface area contributed by atoms with E-state index in [0.29, 0.717) is 0 Å². The number of pyridine rings is 1. The molecule has 0 fully saturated rings. The lowest BCUT2D eigenvalue weighted by Gasteiger charge is -2.05. The Kier molecular flexibility index (Phi) is 3.90. The summed E-state index contributed by atoms with van der Waals surface area (Å²) in [6.07, 6.45) is 1.14. The van der Waals surface area contributed by atoms with Crippen LogP contribution in [0.15, 0.2) is 36.5 Å². The third-order valence-corrected chi connectivity index (χ3v) is 2.71. The molecular weight excluding hydrogens is 289 g/mol. The first-order valence-electron chi connectivity index (χ1n) is 5.34. The van der Waals surface area contributed by atoms with E-state index in [9.17, 15) is 19.3 Å². The first kappa shape index (κ1) is 13.9. The van der Waals surface area contributed by atoms with Gasteiger partial charge in [-0.05, 0) is 24.3 Å². The van der Waals surface area contributed by atoms with Crippen LogP contribution in [0.2, 0.25) is 5.02 Å². The van der Waals surface area contributed by atoms with Crippen molar-refractivity contribution >= 4 is 28.9 Å². The van der Waals surface area contributed by atoms with E-state index in [1.54, 1.807) is 0 Å². The van der Waals surface area contributed by atoms with Gasteiger partial charge in [0.25, 0.3) is 11.6 Å². The summed E-state index contributed by atoms with van der Waals surface area (Å²) in [5.41, 5.74) is -0.0315. The minimum atomic E-state index is -0.682. The van der Waals surface area contributed by atoms with Crippen molar-refractivity contribution in [2.45, 2.75) is 0 Å². The quantitative estimate of drug-likeness (QED) is 0.536. The molecule has 0 aliphatic carbocycles. The number of aromatic nitrogens is 1. The van der Waals surface area contributed by atoms with Crippen molar-refractivity contribution in [1.29, 1.82) is 0 Å². The second-order valence-corrected chi connectivity index (χ2v) is 4.15. The molecule has 6 nitrogen and oxygen atoms in total. The number of nitro benzene ring substituents is 1. The predicted molar refractivity (Wildman–Crippen MR) is 70.3 cm³/mol. The summed E-state index contributed by atoms with van der Waals surface area (Å²) in [5.74, 6) is -1.26. The minimum absolute atomic E-state index is 0.0602. The molecule has 0 radical (unpaired) electrons. The van der Waals surface area contributed by atoms with Gasteiger partial charge in [0.1, 0.15) is 5.02 Å². The molecule has 0 atom stereocenters. The van der Waals surface area contributed by atoms with E-state index < -0.39 is 16.8 Å². The monoisotopic (exact) mass is 295 g/mol. The second-order valence-electron chi connectivity index (χ2n) is 3.75. The molecule has 2 rings (SSSR count). The highest BCUT2D eigenvalue weighted by Crippen LogP contribution is 2.25. The van der Waals surface area contributed by atoms with Crippen LogP contribution < -0.4 is 5.32 Å². The van der Waals surface area contributed by atoms with Crippen LogP contribution in [0.25, 0.3) is 0 Å². The van der Waals surface area contributed by atoms with Crippen molar-refractivity contribution in [2.75, 3.05) is 5.32 Å². The van der Waals surface area contributed by atoms with E-state index >= 15 is 0 Å². The highest BCUT2D eigenvalue weighted by Gasteiger charge is 2.16. The number of anilines is 1. The van der Waals surface area contributed by atoms with Gasteiger partial charge in [0.15, 0.2) is 0 Å². The molecule has 0 aliphatic heterocycles. The van der Waals surface area contributed by atoms with Crippen molar-refractivity contribution in [3.63, 3.8) is 0 Å². The molecule has 0 bridgehead atoms. The first-order valence-corrected chi connectivity index (χ1v) is 5.72. The van der Waals surface area contributed by atoms with Crippen LogP contribution in [-0.2, 0) is 0 Å². The predicted octanol–water partition coefficient (Wildman–Crippen LogP) is 3.03. The number of hydrogen-bond acceptors (Lipinski definition) is 4. The van der Waals surface area contributed by atoms with Gasteiger partial charge in [0, 0.05) is 11.6 Å². The summed E-state index contributed by atoms with van der Waals surface area (Å²) in [5, 5.41) is 13.1. The molecule has 2 aromatic rings. The van der Waals surface area contributed by atoms with Crippen molar-refractivity contribution in [3.05, 3.63) is 63.2 Å². The average Bonchev–Trinajstić information content (AvgIpc) is 2.41. The summed E-state index contributed by atoms with van der Waals surface area (Å²) in [6, 6.07) is 6.08. The summed E-state index contributed by atoms with van der Waals surface area (Å²) < 4.78 is 12.6. The molecule has 1 aromatic heterocycles. The lowest BCUT2D eigenvalue weighted by molar-refractivity contribution is -0.384. The Bertz CT molecular complexity index is 676. The van der Waals surface area contributed by atoms with Crippen LogP contribution in [0.4, 0.5) is 15.8 Å². The van der Waals surface area contributed by atoms with Gasteiger partial charge in [-0.1, -0.05) is 11.6 Å². The SMILES string of the molecule is O=C(Nc1ccc(F)nc1)c1ccc(Cl)c([N+](=O)[O-])c1. The highest BCUT2D eigenvalue weighted by molar-refractivity contribution is 6.32. The molecule has 0 saturated heterocycles. The molecule has 1 heterocycles. The van der Waals surface area contributed by atoms with Crippen molar-refractivity contribution < 1.29 is 14.1 Å². The van der Waals surface area contributed by atoms with E-state index in [1.165, 1.54) is 18.2 Å². The van der Waals surface area contributed by atoms with Crippen LogP contribution >= 0.6 is 11.6 Å². The van der Waals surface area contributed by atoms with E-state index in [-0.39, 0.29) is 22.0 Å². The van der Waals surface area contributed by atoms with Gasteiger partial charge in [-0.3, -0.25) is 14.9 Å². The Balaban J connectivity index is 2.23. The van der Waals surface area contributed by atoms with E-state index in [4.69, 9.17) is 11.6 Å². The molecule has 1 aromatic carbocycles. The zero-order valence-electron chi connectivity index (χ0n) is 9.84. The van der Waals surface area contributed by atoms with Crippen LogP contribution in [-0.4, -0.2) is 15.8 Å². The topological polar surface area (TPSA) is 85.1 Å². The summed E-state index contributed by atoms with van der Waals surface area (Å²) >= 11 is 5.65. The van der Waals surface area contributed by atoms with Gasteiger partial charge in [-0.15, -0.1) is 0 Å². The molecular formula is C12H7ClFN3O3. The maximum Gasteiger partial charge on any atom is 0.288 e. The summed E-state index contributed by atoms with van der Waals surface area (Å²) in [6.45, 7) is 0. The number of benzene rings is 1. The van der Waals surface area contributed by atoms with Crippen LogP contribution in [0.3, 0.4) is 0 Å². The van der Waals surface area contributed by atoms with Crippen molar-refractivity contribution in [2.24, 2.45) is 0 Å². The molecule has 0 spiro atoms. The zero-order chi connectivity index (χ0) is 14.7. The minimum Gasteiger partial charge on any atom is -0.321 e. The standard InChI is InChI=1S/C12H7ClFN3O3/c13-9-3-1-7(5-10(9)17(19)20)12(18)16-8-2-4-11(14)15-6-8/h1-6H,(H,16,18). The number of hydrogen-bond donors (Lipinski definition) is 1. The third kappa shape index (κ3) is 3.07. The van der Waals surface area contributed by atoms with Gasteiger partial charge in [0.2, 0.25) is 5.95 Å². The zero-order valence-corrected chi connectivity index (χ0v) is 10.6. The van der Waals surface area contributed by atoms with E-state index in [2.05, 4.69) is 10.3 Å². The fraction of sp³-hybridized carbons (Fsp3) is 0. The number of halogens is 2. The Morgan fingerprint density at radius 2 is 2.10 bits per heavy atom. The maximum atomic E-state index is 12.6. The number of rotatable bonds is 3. The highest BCUT2D eigenvalue weighted by atomic mass is 35.5. The molecule has 0 aliphatic rings. The Hall–Kier alpha value is -2.54. The van der Waals surface area contributed by atoms with Gasteiger partial charge >= 0.3 is 0 Å². The number of nitrogens with one attached hydrogen (secondary N) is 1. The number of amides is 1. The summed E-state index contributed by atoms with van der Waals surface area (Å²) in [7, 11) is 0. The molecule has 102 valence electrons. The fourth-order valence-electron chi connectivity index (χ4n) is 1.45. The largest absolute Gasteiger partial charge is 0.321 e. The first-order chi connectivity index (χ1) is 9.47. The number of nitrogens with zero attached hydrogens (tertiary/aromatic N) is 2. The van der Waals surface area contributed by atoms with Crippen LogP contribution in [0.1, 0.15) is 10.4 Å². The molecule has 0 unspecified atom stereocenters. The summed E-state index contributed by atoms with van der Waals surface area (Å²) in [4.78, 5) is 25.3. The number of carbonyl (C=O) groups is 1. The number of nitro groups is 1. The average molecular weight is 296 g/mol. The smallest absolute Gasteiger partial charge is 0.288 e. The van der Waals surface area contributed by atoms with Crippen molar-refractivity contribution in [1.82, 2.24) is 4.98 Å². The van der Waals surface area contributed by atoms with Gasteiger partial charge in [0.05, 0.1) is 16.8 Å². The van der Waals surface area contributed by atoms with Crippen LogP contribution in [0, 0.1) is 16.1 Å². The molecule has 8 heteroatoms. The maximum absolute atomic E-state index is 12.6. The normalized spacial score (nSPS) is 10.1. The van der Waals surface area contributed by atoms with Gasteiger partial charge < -0.3 is 5.32 Å². The van der Waals surface area contributed by atoms with E-state index in [1.807, 2.05) is 0 Å². The lowest BCUT2D eigenvalue weighted by atomic mass is 10.2. The van der Waals surface area contributed by atoms with Crippen LogP contribution in [0.5, 0.6) is 0 Å². The Morgan fingerprint density at radius 3 is 2.70 bits per heavy atom. The molecule has 20 heavy (non-hydrogen) atoms. The molecule has 0 saturated carbocycles. The third-order valence-electron chi connectivity index (χ3n) is 2.39.